The average molecular weight is 665 g/mol. The molecular formula is C37H40N6O6. The zero-order chi connectivity index (χ0) is 34.7. The number of aryl methyl sites for hydroxylation is 2. The summed E-state index contributed by atoms with van der Waals surface area (Å²) in [6.07, 6.45) is 9.04. The van der Waals surface area contributed by atoms with Crippen LogP contribution in [0.2, 0.25) is 0 Å². The maximum atomic E-state index is 13.2. The second kappa shape index (κ2) is 14.3. The third-order valence-corrected chi connectivity index (χ3v) is 8.92. The molecule has 2 aliphatic heterocycles. The third-order valence-electron chi connectivity index (χ3n) is 8.92. The lowest BCUT2D eigenvalue weighted by atomic mass is 10.0. The third kappa shape index (κ3) is 7.33. The van der Waals surface area contributed by atoms with Gasteiger partial charge >= 0.3 is 0 Å². The average Bonchev–Trinajstić information content (AvgIpc) is 3.63. The van der Waals surface area contributed by atoms with Gasteiger partial charge in [0.25, 0.3) is 5.91 Å². The normalized spacial score (nSPS) is 15.3. The fraction of sp³-hybridized carbons (Fsp3) is 0.351. The summed E-state index contributed by atoms with van der Waals surface area (Å²) in [4.78, 5) is 61.7. The fourth-order valence-corrected chi connectivity index (χ4v) is 6.34. The number of hydrogen-bond acceptors (Lipinski definition) is 8. The summed E-state index contributed by atoms with van der Waals surface area (Å²) in [6, 6.07) is 12.9. The lowest BCUT2D eigenvalue weighted by Gasteiger charge is -2.32. The van der Waals surface area contributed by atoms with Gasteiger partial charge in [0.05, 0.1) is 36.7 Å². The molecule has 2 aromatic heterocycles. The Morgan fingerprint density at radius 1 is 0.980 bits per heavy atom. The van der Waals surface area contributed by atoms with E-state index in [1.165, 1.54) is 7.11 Å². The molecule has 49 heavy (non-hydrogen) atoms. The second-order valence-electron chi connectivity index (χ2n) is 12.5. The van der Waals surface area contributed by atoms with Crippen molar-refractivity contribution in [1.82, 2.24) is 19.0 Å². The van der Waals surface area contributed by atoms with Gasteiger partial charge in [-0.2, -0.15) is 0 Å². The number of ketones is 2. The maximum absolute atomic E-state index is 13.2. The lowest BCUT2D eigenvalue weighted by Crippen LogP contribution is -2.43. The molecule has 4 heterocycles. The number of hydrogen-bond donors (Lipinski definition) is 1. The number of fused-ring (bicyclic) bond motifs is 2. The van der Waals surface area contributed by atoms with Gasteiger partial charge in [-0.3, -0.25) is 24.2 Å². The summed E-state index contributed by atoms with van der Waals surface area (Å²) < 4.78 is 14.9. The molecule has 0 bridgehead atoms. The molecule has 6 rings (SSSR count). The van der Waals surface area contributed by atoms with Gasteiger partial charge in [0, 0.05) is 70.6 Å². The largest absolute Gasteiger partial charge is 0.493 e. The number of imidazole rings is 1. The van der Waals surface area contributed by atoms with Crippen LogP contribution in [0.4, 0.5) is 11.5 Å². The standard InChI is InChI=1S/C37H40N6O6/c1-23(44)30-17-26(21-41(30)2)25-12-10-24(11-13-25)16-31(45)36-40-34(22-42(36)3)39-35(46)9-7-15-49-33-19-29-28(18-32(33)48-4)37(47)43-14-6-5-8-27(43)20-38-29/h10-13,17-22,27H,5-9,14-16H2,1-4H3,(H,39,46)/t27-/m0/s1. The number of aliphatic imine (C=N–C) groups is 1. The molecule has 1 N–H and O–H groups in total. The molecule has 0 unspecified atom stereocenters. The SMILES string of the molecule is COc1cc2c(cc1OCCCC(=O)Nc1cn(C)c(C(=O)Cc3ccc(-c4cc(C(C)=O)n(C)c4)cc3)n1)N=C[C@@H]1CCCCN1C2=O. The Balaban J connectivity index is 1.01. The van der Waals surface area contributed by atoms with E-state index in [1.54, 1.807) is 41.4 Å². The number of piperidine rings is 1. The Bertz CT molecular complexity index is 1940. The Labute approximate surface area is 284 Å². The van der Waals surface area contributed by atoms with Crippen molar-refractivity contribution in [3.63, 3.8) is 0 Å². The van der Waals surface area contributed by atoms with Crippen LogP contribution in [0, 0.1) is 0 Å². The van der Waals surface area contributed by atoms with Gasteiger partial charge in [0.15, 0.2) is 28.9 Å². The number of nitrogens with zero attached hydrogens (tertiary/aromatic N) is 5. The number of rotatable bonds is 12. The van der Waals surface area contributed by atoms with Crippen LogP contribution in [0.5, 0.6) is 11.5 Å². The Hall–Kier alpha value is -5.52. The van der Waals surface area contributed by atoms with Crippen molar-refractivity contribution in [1.29, 1.82) is 0 Å². The van der Waals surface area contributed by atoms with Gasteiger partial charge in [0.1, 0.15) is 0 Å². The number of methoxy groups -OCH3 is 1. The topological polar surface area (TPSA) is 137 Å². The van der Waals surface area contributed by atoms with Gasteiger partial charge in [-0.1, -0.05) is 24.3 Å². The smallest absolute Gasteiger partial charge is 0.256 e. The van der Waals surface area contributed by atoms with E-state index in [9.17, 15) is 19.2 Å². The summed E-state index contributed by atoms with van der Waals surface area (Å²) >= 11 is 0. The minimum Gasteiger partial charge on any atom is -0.493 e. The lowest BCUT2D eigenvalue weighted by molar-refractivity contribution is -0.116. The number of carbonyl (C=O) groups is 4. The van der Waals surface area contributed by atoms with Gasteiger partial charge in [-0.25, -0.2) is 4.98 Å². The summed E-state index contributed by atoms with van der Waals surface area (Å²) in [7, 11) is 5.08. The van der Waals surface area contributed by atoms with E-state index in [2.05, 4.69) is 15.3 Å². The molecule has 0 aliphatic carbocycles. The van der Waals surface area contributed by atoms with Crippen LogP contribution in [-0.4, -0.2) is 74.9 Å². The second-order valence-corrected chi connectivity index (χ2v) is 12.5. The van der Waals surface area contributed by atoms with Gasteiger partial charge in [-0.15, -0.1) is 0 Å². The van der Waals surface area contributed by atoms with E-state index in [0.717, 1.165) is 36.0 Å². The minimum atomic E-state index is -0.258. The number of amides is 2. The number of aromatic nitrogens is 3. The molecule has 12 heteroatoms. The first-order valence-corrected chi connectivity index (χ1v) is 16.4. The number of carbonyl (C=O) groups excluding carboxylic acids is 4. The fourth-order valence-electron chi connectivity index (χ4n) is 6.34. The molecule has 0 saturated carbocycles. The highest BCUT2D eigenvalue weighted by molar-refractivity contribution is 6.03. The molecule has 0 radical (unpaired) electrons. The van der Waals surface area contributed by atoms with Gasteiger partial charge in [0.2, 0.25) is 11.7 Å². The number of Topliss-reactive ketones (excluding diaryl/α,β-unsaturated/α-hetero) is 2. The molecule has 254 valence electrons. The van der Waals surface area contributed by atoms with E-state index in [0.29, 0.717) is 47.2 Å². The molecule has 2 aromatic carbocycles. The summed E-state index contributed by atoms with van der Waals surface area (Å²) in [5.74, 6) is 0.930. The molecular weight excluding hydrogens is 624 g/mol. The van der Waals surface area contributed by atoms with Crippen LogP contribution in [-0.2, 0) is 25.3 Å². The van der Waals surface area contributed by atoms with Crippen LogP contribution in [0.25, 0.3) is 11.1 Å². The molecule has 4 aromatic rings. The quantitative estimate of drug-likeness (QED) is 0.154. The van der Waals surface area contributed by atoms with E-state index in [4.69, 9.17) is 9.47 Å². The highest BCUT2D eigenvalue weighted by atomic mass is 16.5. The molecule has 1 fully saturated rings. The Kier molecular flexibility index (Phi) is 9.75. The number of nitrogens with one attached hydrogen (secondary N) is 1. The first-order valence-electron chi connectivity index (χ1n) is 16.4. The van der Waals surface area contributed by atoms with E-state index in [1.807, 2.05) is 54.7 Å². The number of benzene rings is 2. The Morgan fingerprint density at radius 3 is 2.51 bits per heavy atom. The predicted octanol–water partition coefficient (Wildman–Crippen LogP) is 5.57. The molecule has 1 saturated heterocycles. The van der Waals surface area contributed by atoms with E-state index in [-0.39, 0.29) is 54.7 Å². The summed E-state index contributed by atoms with van der Waals surface area (Å²) in [5.41, 5.74) is 4.37. The molecule has 2 amide bonds. The zero-order valence-corrected chi connectivity index (χ0v) is 28.2. The van der Waals surface area contributed by atoms with Crippen molar-refractivity contribution in [3.8, 4) is 22.6 Å². The van der Waals surface area contributed by atoms with Crippen molar-refractivity contribution in [2.45, 2.75) is 51.5 Å². The van der Waals surface area contributed by atoms with Crippen molar-refractivity contribution in [2.75, 3.05) is 25.6 Å². The van der Waals surface area contributed by atoms with Crippen molar-refractivity contribution >= 4 is 41.1 Å². The maximum Gasteiger partial charge on any atom is 0.256 e. The number of ether oxygens (including phenoxy) is 2. The minimum absolute atomic E-state index is 0.000369. The van der Waals surface area contributed by atoms with Crippen molar-refractivity contribution in [3.05, 3.63) is 77.5 Å². The number of anilines is 1. The van der Waals surface area contributed by atoms with Gasteiger partial charge in [-0.05, 0) is 48.9 Å². The van der Waals surface area contributed by atoms with Crippen LogP contribution in [0.1, 0.15) is 76.1 Å². The highest BCUT2D eigenvalue weighted by Crippen LogP contribution is 2.38. The first-order chi connectivity index (χ1) is 23.6. The van der Waals surface area contributed by atoms with Crippen molar-refractivity contribution in [2.24, 2.45) is 19.1 Å². The molecule has 12 nitrogen and oxygen atoms in total. The highest BCUT2D eigenvalue weighted by Gasteiger charge is 2.31. The van der Waals surface area contributed by atoms with Crippen LogP contribution in [0.15, 0.2) is 59.9 Å². The zero-order valence-electron chi connectivity index (χ0n) is 28.2. The van der Waals surface area contributed by atoms with Crippen LogP contribution in [0.3, 0.4) is 0 Å². The van der Waals surface area contributed by atoms with E-state index < -0.39 is 0 Å². The monoisotopic (exact) mass is 664 g/mol. The first kappa shape index (κ1) is 33.4. The van der Waals surface area contributed by atoms with E-state index >= 15 is 0 Å². The molecule has 1 atom stereocenters. The van der Waals surface area contributed by atoms with Crippen LogP contribution >= 0.6 is 0 Å². The van der Waals surface area contributed by atoms with Gasteiger partial charge < -0.3 is 28.8 Å². The Morgan fingerprint density at radius 2 is 1.78 bits per heavy atom. The molecule has 2 aliphatic rings. The van der Waals surface area contributed by atoms with Crippen molar-refractivity contribution < 1.29 is 28.7 Å². The predicted molar refractivity (Wildman–Crippen MR) is 185 cm³/mol. The molecule has 0 spiro atoms. The summed E-state index contributed by atoms with van der Waals surface area (Å²) in [6.45, 7) is 2.49. The van der Waals surface area contributed by atoms with Crippen LogP contribution < -0.4 is 14.8 Å². The summed E-state index contributed by atoms with van der Waals surface area (Å²) in [5, 5.41) is 2.77.